The molecule has 4 aromatic rings. The van der Waals surface area contributed by atoms with Crippen LogP contribution in [0.4, 0.5) is 0 Å². The fourth-order valence-electron chi connectivity index (χ4n) is 2.77. The molecule has 124 valence electrons. The molecule has 1 heterocycles. The lowest BCUT2D eigenvalue weighted by molar-refractivity contribution is 1.37. The van der Waals surface area contributed by atoms with Gasteiger partial charge in [0.2, 0.25) is 0 Å². The minimum Gasteiger partial charge on any atom is -0.235 e. The van der Waals surface area contributed by atoms with E-state index in [4.69, 9.17) is 11.6 Å². The summed E-state index contributed by atoms with van der Waals surface area (Å²) in [5, 5.41) is 15.2. The quantitative estimate of drug-likeness (QED) is 0.376. The minimum absolute atomic E-state index is 0.509. The molecule has 1 aromatic heterocycles. The molecule has 0 amide bonds. The van der Waals surface area contributed by atoms with E-state index in [0.717, 1.165) is 16.8 Å². The molecule has 0 aliphatic heterocycles. The Bertz CT molecular complexity index is 1170. The molecule has 2 nitrogen and oxygen atoms in total. The molecule has 0 bridgehead atoms. The molecule has 0 aliphatic rings. The van der Waals surface area contributed by atoms with Crippen LogP contribution in [0.1, 0.15) is 10.6 Å². The van der Waals surface area contributed by atoms with Crippen molar-refractivity contribution >= 4 is 45.4 Å². The van der Waals surface area contributed by atoms with Crippen molar-refractivity contribution in [1.82, 2.24) is 4.98 Å². The second-order valence-corrected chi connectivity index (χ2v) is 7.06. The summed E-state index contributed by atoms with van der Waals surface area (Å²) in [7, 11) is 0. The predicted molar refractivity (Wildman–Crippen MR) is 110 cm³/mol. The Morgan fingerprint density at radius 2 is 1.77 bits per heavy atom. The summed E-state index contributed by atoms with van der Waals surface area (Å²) in [5.74, 6) is 0. The first-order valence-electron chi connectivity index (χ1n) is 8.06. The van der Waals surface area contributed by atoms with Gasteiger partial charge in [-0.15, -0.1) is 11.3 Å². The average molecular weight is 373 g/mol. The summed E-state index contributed by atoms with van der Waals surface area (Å²) < 4.78 is 0. The zero-order valence-corrected chi connectivity index (χ0v) is 15.3. The molecule has 4 heteroatoms. The number of hydrogen-bond acceptors (Lipinski definition) is 3. The van der Waals surface area contributed by atoms with Crippen LogP contribution < -0.4 is 0 Å². The van der Waals surface area contributed by atoms with E-state index in [-0.39, 0.29) is 0 Å². The molecule has 26 heavy (non-hydrogen) atoms. The van der Waals surface area contributed by atoms with Gasteiger partial charge >= 0.3 is 0 Å². The number of thiazole rings is 1. The van der Waals surface area contributed by atoms with Gasteiger partial charge in [0.05, 0.1) is 11.3 Å². The van der Waals surface area contributed by atoms with Crippen molar-refractivity contribution in [3.63, 3.8) is 0 Å². The fraction of sp³-hybridized carbons (Fsp3) is 0. The highest BCUT2D eigenvalue weighted by Crippen LogP contribution is 2.30. The molecule has 0 atom stereocenters. The van der Waals surface area contributed by atoms with Gasteiger partial charge in [-0.3, -0.25) is 0 Å². The van der Waals surface area contributed by atoms with Gasteiger partial charge in [0.1, 0.15) is 11.1 Å². The molecule has 0 aliphatic carbocycles. The summed E-state index contributed by atoms with van der Waals surface area (Å²) in [5.41, 5.74) is 3.24. The Morgan fingerprint density at radius 1 is 1.00 bits per heavy atom. The predicted octanol–water partition coefficient (Wildman–Crippen LogP) is 6.68. The Morgan fingerprint density at radius 3 is 2.58 bits per heavy atom. The lowest BCUT2D eigenvalue weighted by Crippen LogP contribution is -1.84. The third kappa shape index (κ3) is 3.25. The summed E-state index contributed by atoms with van der Waals surface area (Å²) in [6.45, 7) is 0. The molecule has 0 spiro atoms. The summed E-state index contributed by atoms with van der Waals surface area (Å²) >= 11 is 7.66. The number of nitriles is 1. The third-order valence-electron chi connectivity index (χ3n) is 4.11. The largest absolute Gasteiger partial charge is 0.235 e. The standard InChI is InChI=1S/C22H13ClN2S/c23-20-8-4-3-7-17(20)12-19(13-24)22-25-21(14-26-22)18-10-9-15-5-1-2-6-16(15)11-18/h1-12,14H/b19-12+. The van der Waals surface area contributed by atoms with Gasteiger partial charge in [0, 0.05) is 16.0 Å². The van der Waals surface area contributed by atoms with Crippen molar-refractivity contribution in [2.45, 2.75) is 0 Å². The van der Waals surface area contributed by atoms with Crippen molar-refractivity contribution in [3.05, 3.63) is 87.7 Å². The molecular formula is C22H13ClN2S. The number of fused-ring (bicyclic) bond motifs is 1. The van der Waals surface area contributed by atoms with Crippen molar-refractivity contribution in [1.29, 1.82) is 5.26 Å². The number of nitrogens with zero attached hydrogens (tertiary/aromatic N) is 2. The zero-order valence-electron chi connectivity index (χ0n) is 13.7. The second kappa shape index (κ2) is 7.13. The first-order chi connectivity index (χ1) is 12.7. The lowest BCUT2D eigenvalue weighted by atomic mass is 10.1. The number of hydrogen-bond donors (Lipinski definition) is 0. The Hall–Kier alpha value is -2.93. The highest BCUT2D eigenvalue weighted by molar-refractivity contribution is 7.11. The van der Waals surface area contributed by atoms with Crippen molar-refractivity contribution in [2.24, 2.45) is 0 Å². The maximum atomic E-state index is 9.56. The number of halogens is 1. The van der Waals surface area contributed by atoms with Crippen LogP contribution in [0, 0.1) is 11.3 Å². The number of allylic oxidation sites excluding steroid dienone is 1. The van der Waals surface area contributed by atoms with E-state index in [0.29, 0.717) is 15.6 Å². The van der Waals surface area contributed by atoms with Crippen LogP contribution in [-0.2, 0) is 0 Å². The lowest BCUT2D eigenvalue weighted by Gasteiger charge is -2.01. The smallest absolute Gasteiger partial charge is 0.134 e. The van der Waals surface area contributed by atoms with E-state index in [1.807, 2.05) is 41.8 Å². The molecule has 4 rings (SSSR count). The van der Waals surface area contributed by atoms with Gasteiger partial charge in [-0.25, -0.2) is 4.98 Å². The van der Waals surface area contributed by atoms with Crippen LogP contribution in [0.15, 0.2) is 72.1 Å². The normalized spacial score (nSPS) is 11.5. The second-order valence-electron chi connectivity index (χ2n) is 5.79. The van der Waals surface area contributed by atoms with Gasteiger partial charge in [0.15, 0.2) is 0 Å². The Kier molecular flexibility index (Phi) is 4.53. The molecule has 0 saturated heterocycles. The van der Waals surface area contributed by atoms with E-state index in [1.165, 1.54) is 22.1 Å². The van der Waals surface area contributed by atoms with E-state index in [9.17, 15) is 5.26 Å². The van der Waals surface area contributed by atoms with Crippen molar-refractivity contribution in [2.75, 3.05) is 0 Å². The number of rotatable bonds is 3. The van der Waals surface area contributed by atoms with Crippen LogP contribution in [0.5, 0.6) is 0 Å². The number of aromatic nitrogens is 1. The Balaban J connectivity index is 1.72. The Labute approximate surface area is 160 Å². The monoisotopic (exact) mass is 372 g/mol. The maximum Gasteiger partial charge on any atom is 0.134 e. The molecule has 0 radical (unpaired) electrons. The molecule has 3 aromatic carbocycles. The van der Waals surface area contributed by atoms with Gasteiger partial charge in [-0.1, -0.05) is 66.2 Å². The highest BCUT2D eigenvalue weighted by Gasteiger charge is 2.10. The van der Waals surface area contributed by atoms with Crippen LogP contribution in [0.3, 0.4) is 0 Å². The van der Waals surface area contributed by atoms with Gasteiger partial charge in [-0.2, -0.15) is 5.26 Å². The number of benzene rings is 3. The summed E-state index contributed by atoms with van der Waals surface area (Å²) in [6.07, 6.45) is 1.78. The molecule has 0 fully saturated rings. The molecule has 0 N–H and O–H groups in total. The summed E-state index contributed by atoms with van der Waals surface area (Å²) in [4.78, 5) is 4.67. The summed E-state index contributed by atoms with van der Waals surface area (Å²) in [6, 6.07) is 24.2. The van der Waals surface area contributed by atoms with Gasteiger partial charge in [0.25, 0.3) is 0 Å². The van der Waals surface area contributed by atoms with Crippen LogP contribution in [0.25, 0.3) is 33.7 Å². The average Bonchev–Trinajstić information content (AvgIpc) is 3.17. The minimum atomic E-state index is 0.509. The third-order valence-corrected chi connectivity index (χ3v) is 5.33. The highest BCUT2D eigenvalue weighted by atomic mass is 35.5. The van der Waals surface area contributed by atoms with Crippen molar-refractivity contribution < 1.29 is 0 Å². The molecular weight excluding hydrogens is 360 g/mol. The van der Waals surface area contributed by atoms with Crippen LogP contribution in [0.2, 0.25) is 5.02 Å². The van der Waals surface area contributed by atoms with E-state index in [2.05, 4.69) is 41.4 Å². The van der Waals surface area contributed by atoms with Crippen molar-refractivity contribution in [3.8, 4) is 17.3 Å². The first kappa shape index (κ1) is 16.5. The van der Waals surface area contributed by atoms with Crippen LogP contribution >= 0.6 is 22.9 Å². The van der Waals surface area contributed by atoms with E-state index >= 15 is 0 Å². The SMILES string of the molecule is N#C/C(=C\c1ccccc1Cl)c1nc(-c2ccc3ccccc3c2)cs1. The van der Waals surface area contributed by atoms with Crippen LogP contribution in [-0.4, -0.2) is 4.98 Å². The van der Waals surface area contributed by atoms with Gasteiger partial charge in [-0.05, 0) is 34.5 Å². The molecule has 0 saturated carbocycles. The first-order valence-corrected chi connectivity index (χ1v) is 9.32. The van der Waals surface area contributed by atoms with E-state index in [1.54, 1.807) is 6.08 Å². The van der Waals surface area contributed by atoms with Gasteiger partial charge < -0.3 is 0 Å². The molecule has 0 unspecified atom stereocenters. The maximum absolute atomic E-state index is 9.56. The topological polar surface area (TPSA) is 36.7 Å². The fourth-order valence-corrected chi connectivity index (χ4v) is 3.75. The van der Waals surface area contributed by atoms with E-state index < -0.39 is 0 Å². The zero-order chi connectivity index (χ0) is 17.9.